The topological polar surface area (TPSA) is 94.4 Å². The number of aromatic nitrogens is 4. The lowest BCUT2D eigenvalue weighted by atomic mass is 9.94. The van der Waals surface area contributed by atoms with E-state index in [9.17, 15) is 4.79 Å². The molecule has 1 N–H and O–H groups in total. The molecule has 9 heteroatoms. The summed E-state index contributed by atoms with van der Waals surface area (Å²) in [6, 6.07) is 5.04. The van der Waals surface area contributed by atoms with E-state index < -0.39 is 6.04 Å². The first-order valence-corrected chi connectivity index (χ1v) is 8.62. The van der Waals surface area contributed by atoms with Gasteiger partial charge >= 0.3 is 0 Å². The van der Waals surface area contributed by atoms with Gasteiger partial charge in [-0.3, -0.25) is 4.79 Å². The van der Waals surface area contributed by atoms with E-state index in [0.29, 0.717) is 35.4 Å². The zero-order chi connectivity index (χ0) is 19.1. The number of hydrogen-bond acceptors (Lipinski definition) is 7. The molecule has 0 unspecified atom stereocenters. The van der Waals surface area contributed by atoms with E-state index in [0.717, 1.165) is 17.6 Å². The van der Waals surface area contributed by atoms with Crippen LogP contribution in [0.5, 0.6) is 11.5 Å². The predicted molar refractivity (Wildman–Crippen MR) is 97.3 cm³/mol. The molecule has 0 saturated heterocycles. The fraction of sp³-hybridized carbons (Fsp3) is 0.333. The van der Waals surface area contributed by atoms with Gasteiger partial charge in [-0.1, -0.05) is 18.6 Å². The minimum Gasteiger partial charge on any atom is -0.497 e. The number of nitrogens with zero attached hydrogens (tertiary/aromatic N) is 5. The van der Waals surface area contributed by atoms with Crippen molar-refractivity contribution >= 4 is 11.9 Å². The maximum Gasteiger partial charge on any atom is 0.275 e. The van der Waals surface area contributed by atoms with Crippen LogP contribution in [0.3, 0.4) is 0 Å². The van der Waals surface area contributed by atoms with Crippen LogP contribution in [0.2, 0.25) is 0 Å². The first kappa shape index (κ1) is 17.1. The van der Waals surface area contributed by atoms with Gasteiger partial charge in [0.2, 0.25) is 5.95 Å². The maximum atomic E-state index is 12.9. The minimum atomic E-state index is -0.463. The van der Waals surface area contributed by atoms with E-state index in [4.69, 9.17) is 9.47 Å². The number of amides is 1. The number of carbonyl (C=O) groups excluding carboxylic acids is 1. The Hall–Kier alpha value is -3.36. The zero-order valence-corrected chi connectivity index (χ0v) is 15.4. The van der Waals surface area contributed by atoms with Crippen LogP contribution in [0.25, 0.3) is 0 Å². The second kappa shape index (κ2) is 6.42. The molecule has 0 saturated carbocycles. The summed E-state index contributed by atoms with van der Waals surface area (Å²) in [6.45, 7) is 6.78. The standard InChI is InChI=1S/C18H20N6O3/c1-5-8-23-10(2)14-15(17(23)25)19-18-20-21-22-24(18)16(14)12-9-11(26-3)6-7-13(12)27-4/h6-7,9,16H,2,5,8H2,1,3-4H3,(H,19,20,22)/t16-/m0/s1. The van der Waals surface area contributed by atoms with Crippen molar-refractivity contribution in [3.63, 3.8) is 0 Å². The van der Waals surface area contributed by atoms with Gasteiger partial charge in [0.1, 0.15) is 23.2 Å². The second-order valence-electron chi connectivity index (χ2n) is 6.27. The summed E-state index contributed by atoms with van der Waals surface area (Å²) < 4.78 is 12.6. The third-order valence-corrected chi connectivity index (χ3v) is 4.79. The molecule has 0 spiro atoms. The van der Waals surface area contributed by atoms with Gasteiger partial charge in [0, 0.05) is 23.4 Å². The molecule has 1 amide bonds. The molecular weight excluding hydrogens is 348 g/mol. The van der Waals surface area contributed by atoms with Gasteiger partial charge in [-0.2, -0.15) is 4.68 Å². The Morgan fingerprint density at radius 2 is 2.11 bits per heavy atom. The van der Waals surface area contributed by atoms with Crippen molar-refractivity contribution in [3.05, 3.63) is 47.3 Å². The number of ether oxygens (including phenoxy) is 2. The number of anilines is 1. The molecule has 140 valence electrons. The molecule has 1 aromatic carbocycles. The van der Waals surface area contributed by atoms with Crippen molar-refractivity contribution in [1.82, 2.24) is 25.1 Å². The van der Waals surface area contributed by atoms with Crippen LogP contribution in [0, 0.1) is 0 Å². The van der Waals surface area contributed by atoms with Crippen LogP contribution < -0.4 is 14.8 Å². The average Bonchev–Trinajstić information content (AvgIpc) is 3.25. The Morgan fingerprint density at radius 3 is 2.81 bits per heavy atom. The number of carbonyl (C=O) groups is 1. The zero-order valence-electron chi connectivity index (χ0n) is 15.4. The van der Waals surface area contributed by atoms with Crippen molar-refractivity contribution in [1.29, 1.82) is 0 Å². The summed E-state index contributed by atoms with van der Waals surface area (Å²) in [5.41, 5.74) is 2.61. The lowest BCUT2D eigenvalue weighted by Gasteiger charge is -2.27. The monoisotopic (exact) mass is 368 g/mol. The summed E-state index contributed by atoms with van der Waals surface area (Å²) in [5, 5.41) is 14.9. The highest BCUT2D eigenvalue weighted by Crippen LogP contribution is 2.46. The van der Waals surface area contributed by atoms with Gasteiger partial charge in [-0.05, 0) is 35.0 Å². The fourth-order valence-corrected chi connectivity index (χ4v) is 3.56. The SMILES string of the molecule is C=C1C2=C(Nc3nnnn3[C@H]2c2cc(OC)ccc2OC)C(=O)N1CCC. The largest absolute Gasteiger partial charge is 0.497 e. The Labute approximate surface area is 156 Å². The Bertz CT molecular complexity index is 964. The molecule has 9 nitrogen and oxygen atoms in total. The van der Waals surface area contributed by atoms with Gasteiger partial charge in [0.15, 0.2) is 0 Å². The van der Waals surface area contributed by atoms with E-state index in [1.807, 2.05) is 25.1 Å². The first-order chi connectivity index (χ1) is 13.1. The maximum absolute atomic E-state index is 12.9. The summed E-state index contributed by atoms with van der Waals surface area (Å²) in [6.07, 6.45) is 0.822. The first-order valence-electron chi connectivity index (χ1n) is 8.62. The summed E-state index contributed by atoms with van der Waals surface area (Å²) in [7, 11) is 3.20. The van der Waals surface area contributed by atoms with E-state index in [-0.39, 0.29) is 5.91 Å². The van der Waals surface area contributed by atoms with Gasteiger partial charge < -0.3 is 19.7 Å². The highest BCUT2D eigenvalue weighted by Gasteiger charge is 2.44. The molecule has 2 aliphatic rings. The summed E-state index contributed by atoms with van der Waals surface area (Å²) in [4.78, 5) is 14.6. The number of benzene rings is 1. The predicted octanol–water partition coefficient (Wildman–Crippen LogP) is 1.73. The Morgan fingerprint density at radius 1 is 1.30 bits per heavy atom. The fourth-order valence-electron chi connectivity index (χ4n) is 3.56. The summed E-state index contributed by atoms with van der Waals surface area (Å²) in [5.74, 6) is 1.58. The molecule has 0 radical (unpaired) electrons. The number of nitrogens with one attached hydrogen (secondary N) is 1. The van der Waals surface area contributed by atoms with Gasteiger partial charge in [0.25, 0.3) is 5.91 Å². The van der Waals surface area contributed by atoms with Gasteiger partial charge in [-0.15, -0.1) is 0 Å². The highest BCUT2D eigenvalue weighted by molar-refractivity contribution is 6.03. The highest BCUT2D eigenvalue weighted by atomic mass is 16.5. The number of hydrogen-bond donors (Lipinski definition) is 1. The quantitative estimate of drug-likeness (QED) is 0.859. The Kier molecular flexibility index (Phi) is 4.06. The minimum absolute atomic E-state index is 0.127. The molecule has 27 heavy (non-hydrogen) atoms. The molecule has 2 aromatic rings. The van der Waals surface area contributed by atoms with E-state index >= 15 is 0 Å². The molecule has 1 atom stereocenters. The Balaban J connectivity index is 1.92. The molecule has 4 rings (SSSR count). The second-order valence-corrected chi connectivity index (χ2v) is 6.27. The lowest BCUT2D eigenvalue weighted by Crippen LogP contribution is -2.28. The number of allylic oxidation sites excluding steroid dienone is 1. The van der Waals surface area contributed by atoms with Crippen LogP contribution >= 0.6 is 0 Å². The van der Waals surface area contributed by atoms with Crippen LogP contribution in [0.4, 0.5) is 5.95 Å². The van der Waals surface area contributed by atoms with Crippen LogP contribution in [0.15, 0.2) is 41.7 Å². The van der Waals surface area contributed by atoms with Crippen molar-refractivity contribution < 1.29 is 14.3 Å². The number of rotatable bonds is 5. The van der Waals surface area contributed by atoms with Gasteiger partial charge in [0.05, 0.1) is 14.2 Å². The van der Waals surface area contributed by atoms with Gasteiger partial charge in [-0.25, -0.2) is 0 Å². The van der Waals surface area contributed by atoms with Crippen LogP contribution in [-0.2, 0) is 4.79 Å². The molecule has 1 aromatic heterocycles. The van der Waals surface area contributed by atoms with Crippen LogP contribution in [0.1, 0.15) is 24.9 Å². The average molecular weight is 368 g/mol. The molecule has 2 aliphatic heterocycles. The third-order valence-electron chi connectivity index (χ3n) is 4.79. The molecular formula is C18H20N6O3. The number of fused-ring (bicyclic) bond motifs is 1. The number of tetrazole rings is 1. The smallest absolute Gasteiger partial charge is 0.275 e. The third kappa shape index (κ3) is 2.46. The molecule has 0 bridgehead atoms. The number of methoxy groups -OCH3 is 2. The molecule has 0 aliphatic carbocycles. The molecule has 3 heterocycles. The lowest BCUT2D eigenvalue weighted by molar-refractivity contribution is -0.124. The van der Waals surface area contributed by atoms with Crippen molar-refractivity contribution in [3.8, 4) is 11.5 Å². The van der Waals surface area contributed by atoms with E-state index in [1.165, 1.54) is 0 Å². The van der Waals surface area contributed by atoms with Crippen molar-refractivity contribution in [2.45, 2.75) is 19.4 Å². The summed E-state index contributed by atoms with van der Waals surface area (Å²) >= 11 is 0. The van der Waals surface area contributed by atoms with Crippen LogP contribution in [-0.4, -0.2) is 51.8 Å². The van der Waals surface area contributed by atoms with Crippen molar-refractivity contribution in [2.75, 3.05) is 26.1 Å². The molecule has 0 fully saturated rings. The van der Waals surface area contributed by atoms with Crippen molar-refractivity contribution in [2.24, 2.45) is 0 Å². The van der Waals surface area contributed by atoms with E-state index in [1.54, 1.807) is 23.8 Å². The van der Waals surface area contributed by atoms with E-state index in [2.05, 4.69) is 27.4 Å². The normalized spacial score (nSPS) is 18.3.